The van der Waals surface area contributed by atoms with E-state index in [9.17, 15) is 0 Å². The highest BCUT2D eigenvalue weighted by molar-refractivity contribution is 9.10. The van der Waals surface area contributed by atoms with Crippen molar-refractivity contribution < 1.29 is 0 Å². The number of rotatable bonds is 2. The number of halogens is 1. The smallest absolute Gasteiger partial charge is 0.0284 e. The van der Waals surface area contributed by atoms with Gasteiger partial charge in [0.25, 0.3) is 0 Å². The fraction of sp³-hybridized carbons (Fsp3) is 0.500. The van der Waals surface area contributed by atoms with Crippen LogP contribution in [0.15, 0.2) is 28.7 Å². The van der Waals surface area contributed by atoms with E-state index in [4.69, 9.17) is 5.73 Å². The van der Waals surface area contributed by atoms with Crippen molar-refractivity contribution in [2.75, 3.05) is 13.6 Å². The Morgan fingerprint density at radius 1 is 1.53 bits per heavy atom. The Bertz CT molecular complexity index is 330. The molecule has 2 rings (SSSR count). The van der Waals surface area contributed by atoms with Crippen LogP contribution >= 0.6 is 15.9 Å². The van der Waals surface area contributed by atoms with Crippen LogP contribution in [-0.4, -0.2) is 30.6 Å². The first-order valence-electron chi connectivity index (χ1n) is 5.37. The van der Waals surface area contributed by atoms with Gasteiger partial charge in [0.2, 0.25) is 0 Å². The zero-order valence-corrected chi connectivity index (χ0v) is 10.6. The van der Waals surface area contributed by atoms with Gasteiger partial charge in [-0.2, -0.15) is 0 Å². The molecule has 1 aliphatic heterocycles. The third-order valence-corrected chi connectivity index (χ3v) is 3.70. The molecule has 2 unspecified atom stereocenters. The molecule has 1 aromatic carbocycles. The van der Waals surface area contributed by atoms with Crippen molar-refractivity contribution in [3.8, 4) is 0 Å². The van der Waals surface area contributed by atoms with Gasteiger partial charge in [0.05, 0.1) is 0 Å². The lowest BCUT2D eigenvalue weighted by Gasteiger charge is -2.22. The Hall–Kier alpha value is -0.380. The Labute approximate surface area is 99.6 Å². The van der Waals surface area contributed by atoms with Gasteiger partial charge in [-0.1, -0.05) is 28.1 Å². The standard InChI is InChI=1S/C12H17BrN2/c1-15-6-5-11(14)12(15)8-9-3-2-4-10(13)7-9/h2-4,7,11-12H,5-6,8,14H2,1H3. The molecular weight excluding hydrogens is 252 g/mol. The summed E-state index contributed by atoms with van der Waals surface area (Å²) in [6.07, 6.45) is 2.17. The van der Waals surface area contributed by atoms with E-state index in [1.165, 1.54) is 5.56 Å². The lowest BCUT2D eigenvalue weighted by molar-refractivity contribution is 0.296. The van der Waals surface area contributed by atoms with Gasteiger partial charge in [0.15, 0.2) is 0 Å². The molecule has 0 bridgehead atoms. The third kappa shape index (κ3) is 2.60. The van der Waals surface area contributed by atoms with Gasteiger partial charge in [-0.3, -0.25) is 0 Å². The Morgan fingerprint density at radius 2 is 2.33 bits per heavy atom. The quantitative estimate of drug-likeness (QED) is 0.890. The summed E-state index contributed by atoms with van der Waals surface area (Å²) in [4.78, 5) is 2.37. The summed E-state index contributed by atoms with van der Waals surface area (Å²) in [7, 11) is 2.16. The highest BCUT2D eigenvalue weighted by Gasteiger charge is 2.28. The minimum atomic E-state index is 0.328. The largest absolute Gasteiger partial charge is 0.326 e. The van der Waals surface area contributed by atoms with Crippen LogP contribution in [0.3, 0.4) is 0 Å². The summed E-state index contributed by atoms with van der Waals surface area (Å²) in [6, 6.07) is 9.32. The van der Waals surface area contributed by atoms with Crippen molar-refractivity contribution in [3.05, 3.63) is 34.3 Å². The summed E-state index contributed by atoms with van der Waals surface area (Å²) in [5, 5.41) is 0. The number of nitrogens with two attached hydrogens (primary N) is 1. The highest BCUT2D eigenvalue weighted by atomic mass is 79.9. The van der Waals surface area contributed by atoms with Gasteiger partial charge >= 0.3 is 0 Å². The molecular formula is C12H17BrN2. The van der Waals surface area contributed by atoms with Gasteiger partial charge < -0.3 is 10.6 Å². The van der Waals surface area contributed by atoms with Crippen LogP contribution < -0.4 is 5.73 Å². The highest BCUT2D eigenvalue weighted by Crippen LogP contribution is 2.20. The maximum atomic E-state index is 6.10. The van der Waals surface area contributed by atoms with E-state index in [1.54, 1.807) is 0 Å². The van der Waals surface area contributed by atoms with Crippen LogP contribution in [0.25, 0.3) is 0 Å². The fourth-order valence-corrected chi connectivity index (χ4v) is 2.70. The normalized spacial score (nSPS) is 27.1. The van der Waals surface area contributed by atoms with Gasteiger partial charge in [0, 0.05) is 16.6 Å². The first-order chi connectivity index (χ1) is 7.16. The Morgan fingerprint density at radius 3 is 2.93 bits per heavy atom. The lowest BCUT2D eigenvalue weighted by Crippen LogP contribution is -2.39. The van der Waals surface area contributed by atoms with Crippen molar-refractivity contribution in [1.29, 1.82) is 0 Å². The number of likely N-dealkylation sites (tertiary alicyclic amines) is 1. The fourth-order valence-electron chi connectivity index (χ4n) is 2.25. The summed E-state index contributed by atoms with van der Waals surface area (Å²) in [5.74, 6) is 0. The Balaban J connectivity index is 2.08. The topological polar surface area (TPSA) is 29.3 Å². The molecule has 1 aliphatic rings. The van der Waals surface area contributed by atoms with E-state index < -0.39 is 0 Å². The zero-order valence-electron chi connectivity index (χ0n) is 8.99. The van der Waals surface area contributed by atoms with Crippen molar-refractivity contribution >= 4 is 15.9 Å². The van der Waals surface area contributed by atoms with Crippen LogP contribution in [-0.2, 0) is 6.42 Å². The molecule has 0 aliphatic carbocycles. The van der Waals surface area contributed by atoms with Crippen LogP contribution in [0.1, 0.15) is 12.0 Å². The van der Waals surface area contributed by atoms with E-state index >= 15 is 0 Å². The first kappa shape index (κ1) is 11.1. The second-order valence-electron chi connectivity index (χ2n) is 4.33. The molecule has 1 fully saturated rings. The predicted molar refractivity (Wildman–Crippen MR) is 66.9 cm³/mol. The molecule has 2 nitrogen and oxygen atoms in total. The van der Waals surface area contributed by atoms with Crippen molar-refractivity contribution in [1.82, 2.24) is 4.90 Å². The molecule has 2 atom stereocenters. The monoisotopic (exact) mass is 268 g/mol. The zero-order chi connectivity index (χ0) is 10.8. The maximum absolute atomic E-state index is 6.10. The molecule has 0 radical (unpaired) electrons. The molecule has 0 amide bonds. The van der Waals surface area contributed by atoms with Crippen molar-refractivity contribution in [2.45, 2.75) is 24.9 Å². The second-order valence-corrected chi connectivity index (χ2v) is 5.25. The molecule has 15 heavy (non-hydrogen) atoms. The van der Waals surface area contributed by atoms with Gasteiger partial charge in [0.1, 0.15) is 0 Å². The number of benzene rings is 1. The van der Waals surface area contributed by atoms with Gasteiger partial charge in [-0.25, -0.2) is 0 Å². The van der Waals surface area contributed by atoms with E-state index in [2.05, 4.69) is 52.1 Å². The van der Waals surface area contributed by atoms with Crippen molar-refractivity contribution in [3.63, 3.8) is 0 Å². The minimum Gasteiger partial charge on any atom is -0.326 e. The molecule has 82 valence electrons. The van der Waals surface area contributed by atoms with E-state index in [0.717, 1.165) is 23.9 Å². The third-order valence-electron chi connectivity index (χ3n) is 3.21. The molecule has 1 saturated heterocycles. The summed E-state index contributed by atoms with van der Waals surface area (Å²) in [6.45, 7) is 1.12. The molecule has 0 aromatic heterocycles. The number of hydrogen-bond acceptors (Lipinski definition) is 2. The minimum absolute atomic E-state index is 0.328. The Kier molecular flexibility index (Phi) is 3.44. The van der Waals surface area contributed by atoms with Gasteiger partial charge in [-0.15, -0.1) is 0 Å². The average Bonchev–Trinajstić information content (AvgIpc) is 2.50. The SMILES string of the molecule is CN1CCC(N)C1Cc1cccc(Br)c1. The molecule has 2 N–H and O–H groups in total. The maximum Gasteiger partial charge on any atom is 0.0284 e. The van der Waals surface area contributed by atoms with Crippen LogP contribution in [0.4, 0.5) is 0 Å². The molecule has 0 spiro atoms. The van der Waals surface area contributed by atoms with E-state index in [1.807, 2.05) is 0 Å². The number of nitrogens with zero attached hydrogens (tertiary/aromatic N) is 1. The van der Waals surface area contributed by atoms with Crippen molar-refractivity contribution in [2.24, 2.45) is 5.73 Å². The molecule has 1 aromatic rings. The van der Waals surface area contributed by atoms with Crippen LogP contribution in [0.2, 0.25) is 0 Å². The summed E-state index contributed by atoms with van der Waals surface area (Å²) < 4.78 is 1.15. The van der Waals surface area contributed by atoms with Crippen LogP contribution in [0, 0.1) is 0 Å². The summed E-state index contributed by atoms with van der Waals surface area (Å²) >= 11 is 3.50. The number of likely N-dealkylation sites (N-methyl/N-ethyl adjacent to an activating group) is 1. The summed E-state index contributed by atoms with van der Waals surface area (Å²) in [5.41, 5.74) is 7.46. The predicted octanol–water partition coefficient (Wildman–Crippen LogP) is 2.02. The average molecular weight is 269 g/mol. The first-order valence-corrected chi connectivity index (χ1v) is 6.16. The molecule has 0 saturated carbocycles. The number of hydrogen-bond donors (Lipinski definition) is 1. The second kappa shape index (κ2) is 4.64. The van der Waals surface area contributed by atoms with E-state index in [-0.39, 0.29) is 0 Å². The molecule has 1 heterocycles. The lowest BCUT2D eigenvalue weighted by atomic mass is 10.0. The van der Waals surface area contributed by atoms with Gasteiger partial charge in [-0.05, 0) is 44.1 Å². The van der Waals surface area contributed by atoms with E-state index in [0.29, 0.717) is 12.1 Å². The van der Waals surface area contributed by atoms with Crippen LogP contribution in [0.5, 0.6) is 0 Å². The molecule has 3 heteroatoms.